The second-order valence-electron chi connectivity index (χ2n) is 9.09. The number of piperidine rings is 1. The van der Waals surface area contributed by atoms with Crippen LogP contribution >= 0.6 is 0 Å². The maximum Gasteiger partial charge on any atom is 0.245 e. The van der Waals surface area contributed by atoms with Crippen LogP contribution in [0.5, 0.6) is 0 Å². The molecule has 3 amide bonds. The highest BCUT2D eigenvalue weighted by Gasteiger charge is 2.33. The number of amides is 3. The van der Waals surface area contributed by atoms with Gasteiger partial charge in [-0.2, -0.15) is 0 Å². The molecule has 0 radical (unpaired) electrons. The Morgan fingerprint density at radius 3 is 2.33 bits per heavy atom. The van der Waals surface area contributed by atoms with E-state index in [0.29, 0.717) is 44.9 Å². The van der Waals surface area contributed by atoms with Crippen molar-refractivity contribution in [1.82, 2.24) is 20.5 Å². The van der Waals surface area contributed by atoms with Gasteiger partial charge in [-0.05, 0) is 55.0 Å². The largest absolute Gasteiger partial charge is 0.344 e. The summed E-state index contributed by atoms with van der Waals surface area (Å²) in [6.45, 7) is 2.81. The summed E-state index contributed by atoms with van der Waals surface area (Å²) in [5.41, 5.74) is 2.84. The van der Waals surface area contributed by atoms with E-state index in [1.54, 1.807) is 17.3 Å². The minimum absolute atomic E-state index is 0.0172. The summed E-state index contributed by atoms with van der Waals surface area (Å²) in [5.74, 6) is 0.456. The van der Waals surface area contributed by atoms with Gasteiger partial charge in [-0.3, -0.25) is 24.3 Å². The molecule has 0 aliphatic carbocycles. The Morgan fingerprint density at radius 1 is 1.00 bits per heavy atom. The predicted octanol–water partition coefficient (Wildman–Crippen LogP) is 1.95. The van der Waals surface area contributed by atoms with Crippen LogP contribution in [0.1, 0.15) is 37.2 Å². The molecule has 8 heteroatoms. The lowest BCUT2D eigenvalue weighted by atomic mass is 9.89. The van der Waals surface area contributed by atoms with Gasteiger partial charge >= 0.3 is 0 Å². The number of anilines is 2. The third kappa shape index (κ3) is 4.48. The maximum absolute atomic E-state index is 13.1. The molecule has 0 saturated carbocycles. The Hall–Kier alpha value is -3.26. The van der Waals surface area contributed by atoms with E-state index in [0.717, 1.165) is 24.2 Å². The Kier molecular flexibility index (Phi) is 6.09. The van der Waals surface area contributed by atoms with Crippen molar-refractivity contribution in [3.8, 4) is 0 Å². The van der Waals surface area contributed by atoms with Crippen LogP contribution in [0.25, 0.3) is 0 Å². The van der Waals surface area contributed by atoms with E-state index < -0.39 is 0 Å². The van der Waals surface area contributed by atoms with Gasteiger partial charge in [0.1, 0.15) is 6.04 Å². The molecule has 4 heterocycles. The fourth-order valence-corrected chi connectivity index (χ4v) is 4.88. The Morgan fingerprint density at radius 2 is 1.76 bits per heavy atom. The number of nitrogens with zero attached hydrogens (tertiary/aromatic N) is 3. The lowest BCUT2D eigenvalue weighted by Gasteiger charge is -2.34. The molecular formula is C25H29N5O3. The highest BCUT2D eigenvalue weighted by Crippen LogP contribution is 2.32. The van der Waals surface area contributed by atoms with Crippen molar-refractivity contribution in [2.75, 3.05) is 31.1 Å². The summed E-state index contributed by atoms with van der Waals surface area (Å²) in [6.07, 6.45) is 6.25. The molecule has 0 unspecified atom stereocenters. The van der Waals surface area contributed by atoms with Gasteiger partial charge in [0.15, 0.2) is 0 Å². The van der Waals surface area contributed by atoms with E-state index in [2.05, 4.69) is 27.8 Å². The van der Waals surface area contributed by atoms with Gasteiger partial charge in [0.25, 0.3) is 0 Å². The lowest BCUT2D eigenvalue weighted by Crippen LogP contribution is -2.51. The number of likely N-dealkylation sites (tertiary alicyclic amines) is 1. The molecule has 8 nitrogen and oxygen atoms in total. The average molecular weight is 448 g/mol. The molecule has 3 aliphatic rings. The molecule has 3 fully saturated rings. The molecule has 5 rings (SSSR count). The number of aromatic nitrogens is 1. The number of pyridine rings is 1. The molecule has 2 aromatic rings. The van der Waals surface area contributed by atoms with E-state index in [9.17, 15) is 14.4 Å². The highest BCUT2D eigenvalue weighted by molar-refractivity contribution is 6.02. The Balaban J connectivity index is 1.25. The summed E-state index contributed by atoms with van der Waals surface area (Å²) in [4.78, 5) is 45.1. The number of carbonyl (C=O) groups excluding carboxylic acids is 3. The number of nitrogens with one attached hydrogen (secondary N) is 2. The van der Waals surface area contributed by atoms with Gasteiger partial charge < -0.3 is 15.5 Å². The van der Waals surface area contributed by atoms with Crippen LogP contribution in [-0.4, -0.2) is 59.8 Å². The normalized spacial score (nSPS) is 21.4. The van der Waals surface area contributed by atoms with Crippen LogP contribution in [0.15, 0.2) is 48.8 Å². The topological polar surface area (TPSA) is 94.6 Å². The summed E-state index contributed by atoms with van der Waals surface area (Å²) < 4.78 is 0. The van der Waals surface area contributed by atoms with Gasteiger partial charge in [0.2, 0.25) is 17.7 Å². The number of carbonyl (C=O) groups is 3. The highest BCUT2D eigenvalue weighted by atomic mass is 16.2. The zero-order chi connectivity index (χ0) is 22.8. The molecule has 3 saturated heterocycles. The van der Waals surface area contributed by atoms with Gasteiger partial charge in [-0.15, -0.1) is 0 Å². The number of rotatable bonds is 5. The Bertz CT molecular complexity index is 1010. The summed E-state index contributed by atoms with van der Waals surface area (Å²) in [6, 6.07) is 11.6. The van der Waals surface area contributed by atoms with Gasteiger partial charge in [-0.25, -0.2) is 0 Å². The Labute approximate surface area is 193 Å². The molecular weight excluding hydrogens is 418 g/mol. The molecule has 172 valence electrons. The van der Waals surface area contributed by atoms with Crippen LogP contribution in [-0.2, 0) is 14.4 Å². The molecule has 1 atom stereocenters. The monoisotopic (exact) mass is 447 g/mol. The zero-order valence-electron chi connectivity index (χ0n) is 18.6. The van der Waals surface area contributed by atoms with Crippen LogP contribution in [0.2, 0.25) is 0 Å². The van der Waals surface area contributed by atoms with Gasteiger partial charge in [0.05, 0.1) is 17.8 Å². The first-order valence-electron chi connectivity index (χ1n) is 11.7. The summed E-state index contributed by atoms with van der Waals surface area (Å²) in [5, 5.41) is 5.95. The van der Waals surface area contributed by atoms with Gasteiger partial charge in [-0.1, -0.05) is 12.1 Å². The second kappa shape index (κ2) is 9.31. The maximum atomic E-state index is 13.1. The minimum Gasteiger partial charge on any atom is -0.344 e. The van der Waals surface area contributed by atoms with E-state index in [4.69, 9.17) is 0 Å². The van der Waals surface area contributed by atoms with Gasteiger partial charge in [0, 0.05) is 44.5 Å². The molecule has 33 heavy (non-hydrogen) atoms. The third-order valence-electron chi connectivity index (χ3n) is 6.98. The van der Waals surface area contributed by atoms with E-state index in [1.807, 2.05) is 29.2 Å². The van der Waals surface area contributed by atoms with Crippen molar-refractivity contribution in [3.05, 3.63) is 54.4 Å². The third-order valence-corrected chi connectivity index (χ3v) is 6.98. The quantitative estimate of drug-likeness (QED) is 0.731. The molecule has 1 aromatic carbocycles. The first kappa shape index (κ1) is 21.6. The average Bonchev–Trinajstić information content (AvgIpc) is 3.25. The van der Waals surface area contributed by atoms with E-state index in [1.165, 1.54) is 5.56 Å². The first-order chi connectivity index (χ1) is 16.1. The van der Waals surface area contributed by atoms with Crippen molar-refractivity contribution in [2.24, 2.45) is 5.92 Å². The van der Waals surface area contributed by atoms with Crippen molar-refractivity contribution in [2.45, 2.75) is 37.6 Å². The molecule has 2 N–H and O–H groups in total. The molecule has 3 aliphatic heterocycles. The van der Waals surface area contributed by atoms with Crippen LogP contribution in [0.4, 0.5) is 11.4 Å². The number of hydrogen-bond acceptors (Lipinski definition) is 5. The van der Waals surface area contributed by atoms with Crippen LogP contribution in [0, 0.1) is 5.92 Å². The number of benzene rings is 1. The lowest BCUT2D eigenvalue weighted by molar-refractivity contribution is -0.135. The van der Waals surface area contributed by atoms with Crippen molar-refractivity contribution < 1.29 is 14.4 Å². The van der Waals surface area contributed by atoms with Crippen molar-refractivity contribution in [3.63, 3.8) is 0 Å². The summed E-state index contributed by atoms with van der Waals surface area (Å²) >= 11 is 0. The molecule has 0 spiro atoms. The minimum atomic E-state index is -0.352. The SMILES string of the molecule is O=C1CC[C@@H](C(=O)N2CCC(c3ccc(N(C(=O)C4CNC4)c4cccnc4)cc3)CC2)N1. The van der Waals surface area contributed by atoms with Crippen molar-refractivity contribution >= 4 is 29.1 Å². The predicted molar refractivity (Wildman–Crippen MR) is 124 cm³/mol. The molecule has 0 bridgehead atoms. The summed E-state index contributed by atoms with van der Waals surface area (Å²) in [7, 11) is 0. The standard InChI is InChI=1S/C25H29N5O3/c31-23-8-7-22(28-23)25(33)29-12-9-18(10-13-29)17-3-5-20(6-4-17)30(21-2-1-11-26-16-21)24(32)19-14-27-15-19/h1-6,11,16,18-19,22,27H,7-10,12-15H2,(H,28,31)/t22-/m0/s1. The fraction of sp³-hybridized carbons (Fsp3) is 0.440. The van der Waals surface area contributed by atoms with E-state index >= 15 is 0 Å². The van der Waals surface area contributed by atoms with E-state index in [-0.39, 0.29) is 29.7 Å². The molecule has 1 aromatic heterocycles. The fourth-order valence-electron chi connectivity index (χ4n) is 4.88. The zero-order valence-corrected chi connectivity index (χ0v) is 18.6. The smallest absolute Gasteiger partial charge is 0.245 e. The van der Waals surface area contributed by atoms with Crippen LogP contribution < -0.4 is 15.5 Å². The second-order valence-corrected chi connectivity index (χ2v) is 9.09. The van der Waals surface area contributed by atoms with Crippen molar-refractivity contribution in [1.29, 1.82) is 0 Å². The number of hydrogen-bond donors (Lipinski definition) is 2. The first-order valence-corrected chi connectivity index (χ1v) is 11.7. The van der Waals surface area contributed by atoms with Crippen LogP contribution in [0.3, 0.4) is 0 Å².